The third-order valence-electron chi connectivity index (χ3n) is 2.88. The van der Waals surface area contributed by atoms with Crippen molar-refractivity contribution in [2.45, 2.75) is 6.92 Å². The van der Waals surface area contributed by atoms with Crippen LogP contribution < -0.4 is 9.46 Å². The maximum atomic E-state index is 12.7. The van der Waals surface area contributed by atoms with Crippen molar-refractivity contribution in [2.75, 3.05) is 17.1 Å². The van der Waals surface area contributed by atoms with Crippen LogP contribution in [-0.4, -0.2) is 20.8 Å². The van der Waals surface area contributed by atoms with Gasteiger partial charge in [0.25, 0.3) is 0 Å². The average molecular weight is 344 g/mol. The fourth-order valence-corrected chi connectivity index (χ4v) is 2.76. The van der Waals surface area contributed by atoms with Crippen LogP contribution in [0.5, 0.6) is 5.75 Å². The minimum Gasteiger partial charge on any atom is -0.492 e. The molecule has 118 valence electrons. The highest BCUT2D eigenvalue weighted by Gasteiger charge is 2.11. The fourth-order valence-electron chi connectivity index (χ4n) is 1.69. The lowest BCUT2D eigenvalue weighted by Crippen LogP contribution is -2.21. The molecule has 0 aliphatic heterocycles. The van der Waals surface area contributed by atoms with Gasteiger partial charge in [0.05, 0.1) is 0 Å². The Morgan fingerprint density at radius 3 is 2.50 bits per heavy atom. The lowest BCUT2D eigenvalue weighted by Gasteiger charge is -2.10. The first kappa shape index (κ1) is 16.6. The zero-order valence-electron chi connectivity index (χ0n) is 11.8. The summed E-state index contributed by atoms with van der Waals surface area (Å²) in [6, 6.07) is 10.3. The molecule has 0 radical (unpaired) electrons. The summed E-state index contributed by atoms with van der Waals surface area (Å²) in [6.07, 6.45) is 0. The highest BCUT2D eigenvalue weighted by atomic mass is 35.5. The van der Waals surface area contributed by atoms with Gasteiger partial charge in [0.2, 0.25) is 10.0 Å². The summed E-state index contributed by atoms with van der Waals surface area (Å²) in [5, 5.41) is 0.489. The van der Waals surface area contributed by atoms with Crippen molar-refractivity contribution >= 4 is 27.3 Å². The Hall–Kier alpha value is -1.79. The zero-order chi connectivity index (χ0) is 16.2. The molecule has 1 N–H and O–H groups in total. The molecule has 0 atom stereocenters. The summed E-state index contributed by atoms with van der Waals surface area (Å²) >= 11 is 5.95. The molecule has 0 heterocycles. The normalized spacial score (nSPS) is 11.2. The lowest BCUT2D eigenvalue weighted by atomic mass is 10.2. The number of ether oxygens (including phenoxy) is 1. The molecule has 0 amide bonds. The molecule has 22 heavy (non-hydrogen) atoms. The summed E-state index contributed by atoms with van der Waals surface area (Å²) in [5.74, 6) is -0.191. The molecular formula is C15H15ClFNO3S. The van der Waals surface area contributed by atoms with Crippen molar-refractivity contribution < 1.29 is 17.5 Å². The number of hydrogen-bond acceptors (Lipinski definition) is 3. The monoisotopic (exact) mass is 343 g/mol. The van der Waals surface area contributed by atoms with E-state index in [-0.39, 0.29) is 18.2 Å². The van der Waals surface area contributed by atoms with E-state index in [2.05, 4.69) is 4.72 Å². The number of hydrogen-bond donors (Lipinski definition) is 1. The first-order valence-electron chi connectivity index (χ1n) is 6.51. The van der Waals surface area contributed by atoms with E-state index < -0.39 is 10.0 Å². The summed E-state index contributed by atoms with van der Waals surface area (Å²) in [7, 11) is -3.55. The SMILES string of the molecule is Cc1ccc(NS(=O)(=O)CCOc2ccc(F)cc2)cc1Cl. The van der Waals surface area contributed by atoms with E-state index in [0.29, 0.717) is 16.5 Å². The topological polar surface area (TPSA) is 55.4 Å². The standard InChI is InChI=1S/C15H15ClFNO3S/c1-11-2-5-13(10-15(11)16)18-22(19,20)9-8-21-14-6-3-12(17)4-7-14/h2-7,10,18H,8-9H2,1H3. The molecule has 0 saturated carbocycles. The summed E-state index contributed by atoms with van der Waals surface area (Å²) in [6.45, 7) is 1.79. The molecule has 0 saturated heterocycles. The van der Waals surface area contributed by atoms with Gasteiger partial charge in [0.1, 0.15) is 23.9 Å². The van der Waals surface area contributed by atoms with Gasteiger partial charge in [-0.25, -0.2) is 12.8 Å². The lowest BCUT2D eigenvalue weighted by molar-refractivity contribution is 0.340. The van der Waals surface area contributed by atoms with Crippen molar-refractivity contribution in [1.29, 1.82) is 0 Å². The number of aryl methyl sites for hydroxylation is 1. The highest BCUT2D eigenvalue weighted by molar-refractivity contribution is 7.92. The quantitative estimate of drug-likeness (QED) is 0.871. The summed E-state index contributed by atoms with van der Waals surface area (Å²) < 4.78 is 44.3. The van der Waals surface area contributed by atoms with E-state index in [1.807, 2.05) is 6.92 Å². The van der Waals surface area contributed by atoms with Crippen LogP contribution in [-0.2, 0) is 10.0 Å². The molecule has 0 aromatic heterocycles. The number of benzene rings is 2. The second kappa shape index (κ2) is 6.98. The third kappa shape index (κ3) is 4.89. The second-order valence-electron chi connectivity index (χ2n) is 4.69. The number of halogens is 2. The molecule has 0 unspecified atom stereocenters. The Balaban J connectivity index is 1.90. The molecule has 2 rings (SSSR count). The zero-order valence-corrected chi connectivity index (χ0v) is 13.4. The Kier molecular flexibility index (Phi) is 5.26. The Labute approximate surface area is 133 Å². The van der Waals surface area contributed by atoms with Crippen molar-refractivity contribution in [3.63, 3.8) is 0 Å². The largest absolute Gasteiger partial charge is 0.492 e. The van der Waals surface area contributed by atoms with E-state index in [9.17, 15) is 12.8 Å². The van der Waals surface area contributed by atoms with Gasteiger partial charge in [-0.2, -0.15) is 0 Å². The van der Waals surface area contributed by atoms with E-state index in [1.54, 1.807) is 18.2 Å². The van der Waals surface area contributed by atoms with Crippen molar-refractivity contribution in [2.24, 2.45) is 0 Å². The minimum absolute atomic E-state index is 0.0411. The molecule has 2 aromatic rings. The van der Waals surface area contributed by atoms with Gasteiger partial charge >= 0.3 is 0 Å². The van der Waals surface area contributed by atoms with E-state index in [4.69, 9.17) is 16.3 Å². The number of anilines is 1. The van der Waals surface area contributed by atoms with Crippen LogP contribution in [0.4, 0.5) is 10.1 Å². The Morgan fingerprint density at radius 2 is 1.86 bits per heavy atom. The van der Waals surface area contributed by atoms with Crippen LogP contribution in [0, 0.1) is 12.7 Å². The van der Waals surface area contributed by atoms with Gasteiger partial charge in [0, 0.05) is 10.7 Å². The van der Waals surface area contributed by atoms with Gasteiger partial charge in [-0.3, -0.25) is 4.72 Å². The van der Waals surface area contributed by atoms with Crippen LogP contribution in [0.2, 0.25) is 5.02 Å². The summed E-state index contributed by atoms with van der Waals surface area (Å²) in [5.41, 5.74) is 1.27. The van der Waals surface area contributed by atoms with Crippen LogP contribution in [0.25, 0.3) is 0 Å². The number of rotatable bonds is 6. The fraction of sp³-hybridized carbons (Fsp3) is 0.200. The first-order valence-corrected chi connectivity index (χ1v) is 8.54. The number of nitrogens with one attached hydrogen (secondary N) is 1. The van der Waals surface area contributed by atoms with Gasteiger partial charge < -0.3 is 4.74 Å². The van der Waals surface area contributed by atoms with E-state index in [0.717, 1.165) is 5.56 Å². The molecule has 0 fully saturated rings. The third-order valence-corrected chi connectivity index (χ3v) is 4.54. The predicted octanol–water partition coefficient (Wildman–Crippen LogP) is 3.61. The van der Waals surface area contributed by atoms with Crippen molar-refractivity contribution in [1.82, 2.24) is 0 Å². The molecule has 0 aliphatic carbocycles. The van der Waals surface area contributed by atoms with E-state index >= 15 is 0 Å². The van der Waals surface area contributed by atoms with Gasteiger partial charge in [-0.15, -0.1) is 0 Å². The minimum atomic E-state index is -3.55. The summed E-state index contributed by atoms with van der Waals surface area (Å²) in [4.78, 5) is 0. The molecule has 0 spiro atoms. The van der Waals surface area contributed by atoms with Crippen LogP contribution >= 0.6 is 11.6 Å². The maximum Gasteiger partial charge on any atom is 0.236 e. The average Bonchev–Trinajstić information content (AvgIpc) is 2.45. The van der Waals surface area contributed by atoms with Crippen molar-refractivity contribution in [3.05, 3.63) is 58.9 Å². The Morgan fingerprint density at radius 1 is 1.18 bits per heavy atom. The van der Waals surface area contributed by atoms with Crippen LogP contribution in [0.1, 0.15) is 5.56 Å². The van der Waals surface area contributed by atoms with Gasteiger partial charge in [-0.1, -0.05) is 17.7 Å². The van der Waals surface area contributed by atoms with Crippen molar-refractivity contribution in [3.8, 4) is 5.75 Å². The molecular weight excluding hydrogens is 329 g/mol. The van der Waals surface area contributed by atoms with Crippen LogP contribution in [0.3, 0.4) is 0 Å². The predicted molar refractivity (Wildman–Crippen MR) is 85.5 cm³/mol. The maximum absolute atomic E-state index is 12.7. The smallest absolute Gasteiger partial charge is 0.236 e. The van der Waals surface area contributed by atoms with E-state index in [1.165, 1.54) is 24.3 Å². The molecule has 4 nitrogen and oxygen atoms in total. The number of sulfonamides is 1. The van der Waals surface area contributed by atoms with Gasteiger partial charge in [-0.05, 0) is 48.9 Å². The second-order valence-corrected chi connectivity index (χ2v) is 6.94. The first-order chi connectivity index (χ1) is 10.4. The molecule has 2 aromatic carbocycles. The molecule has 0 bridgehead atoms. The molecule has 0 aliphatic rings. The molecule has 7 heteroatoms. The van der Waals surface area contributed by atoms with Crippen LogP contribution in [0.15, 0.2) is 42.5 Å². The van der Waals surface area contributed by atoms with Gasteiger partial charge in [0.15, 0.2) is 0 Å². The Bertz CT molecular complexity index is 748. The highest BCUT2D eigenvalue weighted by Crippen LogP contribution is 2.20.